The zero-order valence-corrected chi connectivity index (χ0v) is 14.8. The minimum atomic E-state index is -0.239. The molecule has 6 rings (SSSR count). The van der Waals surface area contributed by atoms with Gasteiger partial charge in [0.15, 0.2) is 0 Å². The van der Waals surface area contributed by atoms with Crippen LogP contribution in [0.25, 0.3) is 0 Å². The smallest absolute Gasteiger partial charge is 0.230 e. The van der Waals surface area contributed by atoms with E-state index in [0.29, 0.717) is 11.8 Å². The highest BCUT2D eigenvalue weighted by molar-refractivity contribution is 5.88. The molecule has 0 spiro atoms. The Labute approximate surface area is 140 Å². The van der Waals surface area contributed by atoms with Crippen LogP contribution in [0, 0.1) is 34.5 Å². The van der Waals surface area contributed by atoms with E-state index in [1.54, 1.807) is 0 Å². The average molecular weight is 313 g/mol. The summed E-state index contributed by atoms with van der Waals surface area (Å²) in [5, 5.41) is 3.65. The molecule has 126 valence electrons. The third-order valence-electron chi connectivity index (χ3n) is 8.74. The van der Waals surface area contributed by atoms with Crippen molar-refractivity contribution in [3.05, 3.63) is 12.2 Å². The molecule has 0 aromatic carbocycles. The average Bonchev–Trinajstić information content (AvgIpc) is 2.97. The number of nitrogens with one attached hydrogen (secondary N) is 1. The second kappa shape index (κ2) is 4.24. The Morgan fingerprint density at radius 2 is 1.61 bits per heavy atom. The number of fused-ring (bicyclic) bond motifs is 2. The minimum Gasteiger partial charge on any atom is -0.350 e. The molecular formula is C21H31NO. The van der Waals surface area contributed by atoms with Gasteiger partial charge in [-0.15, -0.1) is 0 Å². The van der Waals surface area contributed by atoms with Gasteiger partial charge in [0, 0.05) is 5.54 Å². The van der Waals surface area contributed by atoms with Gasteiger partial charge in [-0.1, -0.05) is 26.0 Å². The molecular weight excluding hydrogens is 282 g/mol. The Bertz CT molecular complexity index is 553. The van der Waals surface area contributed by atoms with Gasteiger partial charge in [0.1, 0.15) is 0 Å². The molecule has 0 heterocycles. The first-order valence-electron chi connectivity index (χ1n) is 9.85. The summed E-state index contributed by atoms with van der Waals surface area (Å²) < 4.78 is 0. The lowest BCUT2D eigenvalue weighted by atomic mass is 9.53. The quantitative estimate of drug-likeness (QED) is 0.750. The van der Waals surface area contributed by atoms with E-state index < -0.39 is 0 Å². The second-order valence-corrected chi connectivity index (χ2v) is 10.4. The van der Waals surface area contributed by atoms with Gasteiger partial charge in [-0.3, -0.25) is 4.79 Å². The van der Waals surface area contributed by atoms with E-state index in [-0.39, 0.29) is 16.4 Å². The molecule has 2 unspecified atom stereocenters. The molecule has 6 aliphatic carbocycles. The van der Waals surface area contributed by atoms with Crippen molar-refractivity contribution in [3.63, 3.8) is 0 Å². The SMILES string of the molecule is C=C1C2(C(=O)NC34CC5CC(CC(C5)C3)C4)CCC(C2)C1(C)C. The van der Waals surface area contributed by atoms with Crippen LogP contribution in [-0.4, -0.2) is 11.4 Å². The molecule has 1 N–H and O–H groups in total. The van der Waals surface area contributed by atoms with Crippen molar-refractivity contribution < 1.29 is 4.79 Å². The maximum atomic E-state index is 13.4. The Morgan fingerprint density at radius 1 is 1.04 bits per heavy atom. The first-order valence-corrected chi connectivity index (χ1v) is 9.85. The van der Waals surface area contributed by atoms with Crippen molar-refractivity contribution in [3.8, 4) is 0 Å². The van der Waals surface area contributed by atoms with Gasteiger partial charge in [-0.25, -0.2) is 0 Å². The predicted molar refractivity (Wildman–Crippen MR) is 91.7 cm³/mol. The van der Waals surface area contributed by atoms with Gasteiger partial charge >= 0.3 is 0 Å². The third-order valence-corrected chi connectivity index (χ3v) is 8.74. The number of carbonyl (C=O) groups excluding carboxylic acids is 1. The molecule has 23 heavy (non-hydrogen) atoms. The topological polar surface area (TPSA) is 29.1 Å². The molecule has 2 heteroatoms. The van der Waals surface area contributed by atoms with Crippen molar-refractivity contribution in [1.82, 2.24) is 5.32 Å². The fourth-order valence-electron chi connectivity index (χ4n) is 7.77. The molecule has 2 nitrogen and oxygen atoms in total. The highest BCUT2D eigenvalue weighted by Crippen LogP contribution is 2.66. The summed E-state index contributed by atoms with van der Waals surface area (Å²) in [5.41, 5.74) is 1.28. The number of amides is 1. The predicted octanol–water partition coefficient (Wildman–Crippen LogP) is 4.45. The Morgan fingerprint density at radius 3 is 2.09 bits per heavy atom. The first kappa shape index (κ1) is 14.5. The van der Waals surface area contributed by atoms with E-state index in [9.17, 15) is 4.79 Å². The van der Waals surface area contributed by atoms with Crippen molar-refractivity contribution in [2.24, 2.45) is 34.5 Å². The van der Waals surface area contributed by atoms with Crippen LogP contribution in [0.5, 0.6) is 0 Å². The highest BCUT2D eigenvalue weighted by Gasteiger charge is 2.62. The summed E-state index contributed by atoms with van der Waals surface area (Å²) in [4.78, 5) is 13.4. The number of hydrogen-bond acceptors (Lipinski definition) is 1. The molecule has 6 bridgehead atoms. The summed E-state index contributed by atoms with van der Waals surface area (Å²) >= 11 is 0. The third kappa shape index (κ3) is 1.79. The van der Waals surface area contributed by atoms with Gasteiger partial charge in [0.2, 0.25) is 5.91 Å². The van der Waals surface area contributed by atoms with Gasteiger partial charge in [-0.2, -0.15) is 0 Å². The van der Waals surface area contributed by atoms with Gasteiger partial charge in [0.25, 0.3) is 0 Å². The van der Waals surface area contributed by atoms with Crippen LogP contribution in [0.3, 0.4) is 0 Å². The van der Waals surface area contributed by atoms with E-state index in [2.05, 4.69) is 25.7 Å². The van der Waals surface area contributed by atoms with Crippen LogP contribution in [0.4, 0.5) is 0 Å². The minimum absolute atomic E-state index is 0.145. The summed E-state index contributed by atoms with van der Waals surface area (Å²) in [7, 11) is 0. The molecule has 0 saturated heterocycles. The summed E-state index contributed by atoms with van der Waals surface area (Å²) in [6, 6.07) is 0. The van der Waals surface area contributed by atoms with E-state index in [0.717, 1.165) is 30.6 Å². The largest absolute Gasteiger partial charge is 0.350 e. The number of carbonyl (C=O) groups is 1. The lowest BCUT2D eigenvalue weighted by Gasteiger charge is -2.57. The van der Waals surface area contributed by atoms with Crippen molar-refractivity contribution in [2.75, 3.05) is 0 Å². The van der Waals surface area contributed by atoms with E-state index in [1.807, 2.05) is 0 Å². The normalized spacial score (nSPS) is 52.2. The zero-order valence-electron chi connectivity index (χ0n) is 14.8. The zero-order chi connectivity index (χ0) is 16.0. The molecule has 0 aromatic heterocycles. The second-order valence-electron chi connectivity index (χ2n) is 10.4. The van der Waals surface area contributed by atoms with Crippen molar-refractivity contribution in [2.45, 2.75) is 77.2 Å². The lowest BCUT2D eigenvalue weighted by molar-refractivity contribution is -0.134. The maximum absolute atomic E-state index is 13.4. The monoisotopic (exact) mass is 313 g/mol. The fraction of sp³-hybridized carbons (Fsp3) is 0.857. The van der Waals surface area contributed by atoms with Crippen LogP contribution in [0.1, 0.15) is 71.6 Å². The molecule has 1 amide bonds. The van der Waals surface area contributed by atoms with Crippen LogP contribution < -0.4 is 5.32 Å². The maximum Gasteiger partial charge on any atom is 0.230 e. The van der Waals surface area contributed by atoms with Gasteiger partial charge in [-0.05, 0) is 86.9 Å². The fourth-order valence-corrected chi connectivity index (χ4v) is 7.77. The summed E-state index contributed by atoms with van der Waals surface area (Å²) in [6.45, 7) is 9.03. The number of rotatable bonds is 2. The van der Waals surface area contributed by atoms with Crippen molar-refractivity contribution in [1.29, 1.82) is 0 Å². The van der Waals surface area contributed by atoms with Crippen LogP contribution in [0.2, 0.25) is 0 Å². The van der Waals surface area contributed by atoms with E-state index in [4.69, 9.17) is 0 Å². The number of hydrogen-bond donors (Lipinski definition) is 1. The molecule has 6 fully saturated rings. The molecule has 6 aliphatic rings. The van der Waals surface area contributed by atoms with Gasteiger partial charge in [0.05, 0.1) is 5.41 Å². The lowest BCUT2D eigenvalue weighted by Crippen LogP contribution is -2.62. The molecule has 0 radical (unpaired) electrons. The van der Waals surface area contributed by atoms with Crippen molar-refractivity contribution >= 4 is 5.91 Å². The standard InChI is InChI=1S/C21H31NO/c1-13-19(2,3)17-4-5-21(13,12-17)18(23)22-20-9-14-6-15(10-20)8-16(7-14)11-20/h14-17H,1,4-12H2,2-3H3,(H,22,23). The van der Waals surface area contributed by atoms with Gasteiger partial charge < -0.3 is 5.32 Å². The van der Waals surface area contributed by atoms with Crippen LogP contribution >= 0.6 is 0 Å². The van der Waals surface area contributed by atoms with E-state index in [1.165, 1.54) is 50.5 Å². The summed E-state index contributed by atoms with van der Waals surface area (Å²) in [5.74, 6) is 3.67. The highest BCUT2D eigenvalue weighted by atomic mass is 16.2. The molecule has 0 aliphatic heterocycles. The Kier molecular flexibility index (Phi) is 2.68. The Balaban J connectivity index is 1.41. The summed E-state index contributed by atoms with van der Waals surface area (Å²) in [6.07, 6.45) is 11.3. The van der Waals surface area contributed by atoms with E-state index >= 15 is 0 Å². The molecule has 6 saturated carbocycles. The van der Waals surface area contributed by atoms with Crippen LogP contribution in [0.15, 0.2) is 12.2 Å². The molecule has 2 atom stereocenters. The molecule has 0 aromatic rings. The Hall–Kier alpha value is -0.790. The first-order chi connectivity index (χ1) is 10.8. The van der Waals surface area contributed by atoms with Crippen LogP contribution in [-0.2, 0) is 4.79 Å².